The maximum atomic E-state index is 12.1. The molecule has 0 aromatic heterocycles. The molecule has 1 aliphatic carbocycles. The molecular formula is C18H16BrNO. The summed E-state index contributed by atoms with van der Waals surface area (Å²) in [4.78, 5) is 12.1. The van der Waals surface area contributed by atoms with Crippen LogP contribution in [0.5, 0.6) is 0 Å². The summed E-state index contributed by atoms with van der Waals surface area (Å²) in [6.07, 6.45) is 2.69. The molecular weight excluding hydrogens is 326 g/mol. The molecule has 1 saturated heterocycles. The molecule has 0 saturated carbocycles. The first kappa shape index (κ1) is 13.1. The average molecular weight is 342 g/mol. The van der Waals surface area contributed by atoms with Crippen molar-refractivity contribution in [2.24, 2.45) is 0 Å². The Hall–Kier alpha value is -1.61. The van der Waals surface area contributed by atoms with Crippen LogP contribution in [0.25, 0.3) is 0 Å². The molecule has 3 heteroatoms. The molecule has 2 unspecified atom stereocenters. The van der Waals surface area contributed by atoms with E-state index in [1.54, 1.807) is 0 Å². The number of rotatable bonds is 1. The molecule has 2 aromatic rings. The average Bonchev–Trinajstić information content (AvgIpc) is 3.01. The van der Waals surface area contributed by atoms with Gasteiger partial charge in [-0.2, -0.15) is 0 Å². The Morgan fingerprint density at radius 3 is 2.76 bits per heavy atom. The maximum absolute atomic E-state index is 12.1. The Kier molecular flexibility index (Phi) is 2.93. The smallest absolute Gasteiger partial charge is 0.221 e. The third-order valence-electron chi connectivity index (χ3n) is 4.91. The summed E-state index contributed by atoms with van der Waals surface area (Å²) >= 11 is 3.55. The standard InChI is InChI=1S/C18H16BrNO/c19-14-6-7-15-13(10-14)8-9-18(15)11-16(21)20-17(18)12-4-2-1-3-5-12/h1-7,10,17H,8-9,11H2,(H,20,21). The van der Waals surface area contributed by atoms with Gasteiger partial charge in [-0.25, -0.2) is 0 Å². The molecule has 1 aliphatic heterocycles. The highest BCUT2D eigenvalue weighted by Crippen LogP contribution is 2.52. The number of halogens is 1. The highest BCUT2D eigenvalue weighted by molar-refractivity contribution is 9.10. The van der Waals surface area contributed by atoms with Crippen molar-refractivity contribution >= 4 is 21.8 Å². The van der Waals surface area contributed by atoms with Crippen molar-refractivity contribution in [3.63, 3.8) is 0 Å². The van der Waals surface area contributed by atoms with E-state index in [-0.39, 0.29) is 17.4 Å². The summed E-state index contributed by atoms with van der Waals surface area (Å²) in [6, 6.07) is 16.9. The summed E-state index contributed by atoms with van der Waals surface area (Å²) in [5, 5.41) is 3.21. The second-order valence-electron chi connectivity index (χ2n) is 6.05. The van der Waals surface area contributed by atoms with E-state index >= 15 is 0 Å². The number of fused-ring (bicyclic) bond motifs is 2. The first-order valence-electron chi connectivity index (χ1n) is 7.32. The van der Waals surface area contributed by atoms with Crippen LogP contribution in [0.2, 0.25) is 0 Å². The Balaban J connectivity index is 1.86. The SMILES string of the molecule is O=C1CC2(CCc3cc(Br)ccc32)C(c2ccccc2)N1. The third-order valence-corrected chi connectivity index (χ3v) is 5.40. The Bertz CT molecular complexity index is 712. The van der Waals surface area contributed by atoms with E-state index in [1.807, 2.05) is 18.2 Å². The second kappa shape index (κ2) is 4.70. The number of hydrogen-bond acceptors (Lipinski definition) is 1. The minimum atomic E-state index is -0.0749. The molecule has 2 aromatic carbocycles. The zero-order valence-electron chi connectivity index (χ0n) is 11.6. The van der Waals surface area contributed by atoms with E-state index in [9.17, 15) is 4.79 Å². The normalized spacial score (nSPS) is 26.9. The molecule has 106 valence electrons. The van der Waals surface area contributed by atoms with Gasteiger partial charge in [0.2, 0.25) is 5.91 Å². The summed E-state index contributed by atoms with van der Waals surface area (Å²) in [6.45, 7) is 0. The van der Waals surface area contributed by atoms with Gasteiger partial charge < -0.3 is 5.32 Å². The summed E-state index contributed by atoms with van der Waals surface area (Å²) < 4.78 is 1.12. The van der Waals surface area contributed by atoms with Crippen LogP contribution in [-0.4, -0.2) is 5.91 Å². The minimum Gasteiger partial charge on any atom is -0.348 e. The zero-order chi connectivity index (χ0) is 14.4. The van der Waals surface area contributed by atoms with E-state index < -0.39 is 0 Å². The lowest BCUT2D eigenvalue weighted by Gasteiger charge is -2.31. The predicted molar refractivity (Wildman–Crippen MR) is 86.1 cm³/mol. The van der Waals surface area contributed by atoms with Crippen LogP contribution in [-0.2, 0) is 16.6 Å². The van der Waals surface area contributed by atoms with Crippen LogP contribution in [0.3, 0.4) is 0 Å². The van der Waals surface area contributed by atoms with Crippen LogP contribution < -0.4 is 5.32 Å². The summed E-state index contributed by atoms with van der Waals surface area (Å²) in [5.41, 5.74) is 3.85. The van der Waals surface area contributed by atoms with E-state index in [0.29, 0.717) is 6.42 Å². The summed E-state index contributed by atoms with van der Waals surface area (Å²) in [5.74, 6) is 0.166. The molecule has 0 bridgehead atoms. The van der Waals surface area contributed by atoms with Gasteiger partial charge in [-0.1, -0.05) is 52.3 Å². The molecule has 1 heterocycles. The first-order valence-corrected chi connectivity index (χ1v) is 8.12. The number of carbonyl (C=O) groups excluding carboxylic acids is 1. The Labute approximate surface area is 132 Å². The number of benzene rings is 2. The number of aryl methyl sites for hydroxylation is 1. The first-order chi connectivity index (χ1) is 10.2. The molecule has 2 atom stereocenters. The lowest BCUT2D eigenvalue weighted by molar-refractivity contribution is -0.119. The van der Waals surface area contributed by atoms with Gasteiger partial charge in [0.1, 0.15) is 0 Å². The molecule has 1 amide bonds. The van der Waals surface area contributed by atoms with Gasteiger partial charge in [0.25, 0.3) is 0 Å². The highest BCUT2D eigenvalue weighted by atomic mass is 79.9. The van der Waals surface area contributed by atoms with Crippen molar-refractivity contribution in [2.75, 3.05) is 0 Å². The largest absolute Gasteiger partial charge is 0.348 e. The molecule has 0 radical (unpaired) electrons. The number of amides is 1. The van der Waals surface area contributed by atoms with E-state index in [2.05, 4.69) is 51.6 Å². The lowest BCUT2D eigenvalue weighted by Crippen LogP contribution is -2.31. The van der Waals surface area contributed by atoms with Crippen LogP contribution in [0.15, 0.2) is 53.0 Å². The van der Waals surface area contributed by atoms with Crippen LogP contribution in [0.1, 0.15) is 35.6 Å². The van der Waals surface area contributed by atoms with Crippen molar-refractivity contribution in [2.45, 2.75) is 30.7 Å². The van der Waals surface area contributed by atoms with Crippen LogP contribution in [0, 0.1) is 0 Å². The maximum Gasteiger partial charge on any atom is 0.221 e. The second-order valence-corrected chi connectivity index (χ2v) is 6.96. The molecule has 1 fully saturated rings. The van der Waals surface area contributed by atoms with Gasteiger partial charge in [-0.15, -0.1) is 0 Å². The van der Waals surface area contributed by atoms with Gasteiger partial charge in [-0.05, 0) is 41.7 Å². The van der Waals surface area contributed by atoms with Crippen LogP contribution >= 0.6 is 15.9 Å². The van der Waals surface area contributed by atoms with E-state index in [4.69, 9.17) is 0 Å². The molecule has 1 N–H and O–H groups in total. The minimum absolute atomic E-state index is 0.0749. The van der Waals surface area contributed by atoms with Gasteiger partial charge in [0.05, 0.1) is 6.04 Å². The van der Waals surface area contributed by atoms with E-state index in [1.165, 1.54) is 16.7 Å². The molecule has 21 heavy (non-hydrogen) atoms. The van der Waals surface area contributed by atoms with E-state index in [0.717, 1.165) is 17.3 Å². The highest BCUT2D eigenvalue weighted by Gasteiger charge is 2.51. The number of hydrogen-bond donors (Lipinski definition) is 1. The Morgan fingerprint density at radius 2 is 1.95 bits per heavy atom. The van der Waals surface area contributed by atoms with Gasteiger partial charge >= 0.3 is 0 Å². The molecule has 1 spiro atoms. The summed E-state index contributed by atoms with van der Waals surface area (Å²) in [7, 11) is 0. The quantitative estimate of drug-likeness (QED) is 0.837. The topological polar surface area (TPSA) is 29.1 Å². The van der Waals surface area contributed by atoms with Crippen molar-refractivity contribution in [1.29, 1.82) is 0 Å². The van der Waals surface area contributed by atoms with Gasteiger partial charge in [-0.3, -0.25) is 4.79 Å². The van der Waals surface area contributed by atoms with Crippen molar-refractivity contribution < 1.29 is 4.79 Å². The Morgan fingerprint density at radius 1 is 1.14 bits per heavy atom. The number of carbonyl (C=O) groups is 1. The lowest BCUT2D eigenvalue weighted by atomic mass is 9.73. The van der Waals surface area contributed by atoms with Crippen molar-refractivity contribution in [3.05, 3.63) is 69.7 Å². The van der Waals surface area contributed by atoms with Crippen LogP contribution in [0.4, 0.5) is 0 Å². The molecule has 4 rings (SSSR count). The van der Waals surface area contributed by atoms with Crippen molar-refractivity contribution in [1.82, 2.24) is 5.32 Å². The monoisotopic (exact) mass is 341 g/mol. The molecule has 2 aliphatic rings. The fourth-order valence-electron chi connectivity index (χ4n) is 4.02. The third kappa shape index (κ3) is 1.95. The fourth-order valence-corrected chi connectivity index (χ4v) is 4.43. The predicted octanol–water partition coefficient (Wildman–Crippen LogP) is 3.89. The fraction of sp³-hybridized carbons (Fsp3) is 0.278. The van der Waals surface area contributed by atoms with Gasteiger partial charge in [0, 0.05) is 16.3 Å². The molecule has 2 nitrogen and oxygen atoms in total. The van der Waals surface area contributed by atoms with Crippen molar-refractivity contribution in [3.8, 4) is 0 Å². The zero-order valence-corrected chi connectivity index (χ0v) is 13.2. The number of nitrogens with one attached hydrogen (secondary N) is 1. The van der Waals surface area contributed by atoms with Gasteiger partial charge in [0.15, 0.2) is 0 Å².